The number of rotatable bonds is 10. The first-order valence-corrected chi connectivity index (χ1v) is 16.0. The third-order valence-corrected chi connectivity index (χ3v) is 8.55. The largest absolute Gasteiger partial charge is 0.428 e. The van der Waals surface area contributed by atoms with Gasteiger partial charge in [0.05, 0.1) is 34.8 Å². The van der Waals surface area contributed by atoms with Crippen molar-refractivity contribution in [3.63, 3.8) is 0 Å². The van der Waals surface area contributed by atoms with Crippen LogP contribution in [0.5, 0.6) is 0 Å². The molecule has 1 aliphatic rings. The summed E-state index contributed by atoms with van der Waals surface area (Å²) in [6.45, 7) is 3.26. The predicted octanol–water partition coefficient (Wildman–Crippen LogP) is 6.91. The number of hydrogen-bond acceptors (Lipinski definition) is 7. The molecule has 0 aliphatic heterocycles. The number of halogens is 3. The first kappa shape index (κ1) is 35.8. The molecule has 12 heteroatoms. The number of carbonyl (C=O) groups excluding carboxylic acids is 4. The third-order valence-electron chi connectivity index (χ3n) is 8.55. The summed E-state index contributed by atoms with van der Waals surface area (Å²) in [5.41, 5.74) is 4.56. The number of esters is 2. The number of nitrogens with zero attached hydrogens (tertiary/aromatic N) is 2. The quantitative estimate of drug-likeness (QED) is 0.142. The van der Waals surface area contributed by atoms with E-state index in [0.717, 1.165) is 41.7 Å². The van der Waals surface area contributed by atoms with Crippen LogP contribution in [-0.2, 0) is 44.5 Å². The molecule has 0 saturated heterocycles. The molecule has 4 aromatic rings. The standard InChI is InChI=1S/C38H36F3N3O6/c1-5-24-16-17-42-34-27(24)13-14-29(34)37(48)50-21-49-33(45)20-23-7-15-32(31(19-23)36(47)44(3)4)43-35(46)28-12-6-22(2)18-30(28)25-8-10-26(11-9-25)38(39,40)41/h6-12,15-19,29H,5,13-14,20-21H2,1-4H3,(H,43,46). The van der Waals surface area contributed by atoms with E-state index in [-0.39, 0.29) is 23.2 Å². The van der Waals surface area contributed by atoms with E-state index in [4.69, 9.17) is 9.47 Å². The summed E-state index contributed by atoms with van der Waals surface area (Å²) in [6, 6.07) is 15.9. The van der Waals surface area contributed by atoms with Crippen molar-refractivity contribution >= 4 is 29.4 Å². The number of aromatic nitrogens is 1. The number of alkyl halides is 3. The van der Waals surface area contributed by atoms with Gasteiger partial charge >= 0.3 is 18.1 Å². The Morgan fingerprint density at radius 2 is 1.68 bits per heavy atom. The Bertz CT molecular complexity index is 1940. The molecular formula is C38H36F3N3O6. The van der Waals surface area contributed by atoms with E-state index in [1.54, 1.807) is 37.4 Å². The van der Waals surface area contributed by atoms with E-state index in [2.05, 4.69) is 10.3 Å². The molecule has 0 radical (unpaired) electrons. The molecule has 9 nitrogen and oxygen atoms in total. The molecule has 0 spiro atoms. The van der Waals surface area contributed by atoms with Crippen LogP contribution in [0.4, 0.5) is 18.9 Å². The average molecular weight is 688 g/mol. The molecule has 0 saturated carbocycles. The lowest BCUT2D eigenvalue weighted by Gasteiger charge is -2.17. The van der Waals surface area contributed by atoms with Crippen LogP contribution >= 0.6 is 0 Å². The predicted molar refractivity (Wildman–Crippen MR) is 179 cm³/mol. The summed E-state index contributed by atoms with van der Waals surface area (Å²) < 4.78 is 49.9. The SMILES string of the molecule is CCc1ccnc2c1CCC2C(=O)OCOC(=O)Cc1ccc(NC(=O)c2ccc(C)cc2-c2ccc(C(F)(F)F)cc2)c(C(=O)N(C)C)c1. The van der Waals surface area contributed by atoms with Crippen LogP contribution in [0.1, 0.15) is 73.5 Å². The van der Waals surface area contributed by atoms with E-state index >= 15 is 0 Å². The first-order chi connectivity index (χ1) is 23.8. The van der Waals surface area contributed by atoms with Crippen LogP contribution in [0.3, 0.4) is 0 Å². The molecule has 50 heavy (non-hydrogen) atoms. The highest BCUT2D eigenvalue weighted by atomic mass is 19.4. The maximum Gasteiger partial charge on any atom is 0.416 e. The van der Waals surface area contributed by atoms with Gasteiger partial charge in [-0.3, -0.25) is 24.2 Å². The zero-order chi connectivity index (χ0) is 36.2. The van der Waals surface area contributed by atoms with Gasteiger partial charge in [0.2, 0.25) is 6.79 Å². The Kier molecular flexibility index (Phi) is 10.7. The second-order valence-corrected chi connectivity index (χ2v) is 12.2. The summed E-state index contributed by atoms with van der Waals surface area (Å²) in [7, 11) is 3.07. The molecular weight excluding hydrogens is 651 g/mol. The number of benzene rings is 3. The monoisotopic (exact) mass is 687 g/mol. The fraction of sp³-hybridized carbons (Fsp3) is 0.289. The number of nitrogens with one attached hydrogen (secondary N) is 1. The molecule has 0 fully saturated rings. The highest BCUT2D eigenvalue weighted by molar-refractivity contribution is 6.12. The highest BCUT2D eigenvalue weighted by Gasteiger charge is 2.33. The van der Waals surface area contributed by atoms with Crippen molar-refractivity contribution < 1.29 is 41.8 Å². The topological polar surface area (TPSA) is 115 Å². The summed E-state index contributed by atoms with van der Waals surface area (Å²) >= 11 is 0. The van der Waals surface area contributed by atoms with E-state index < -0.39 is 48.2 Å². The summed E-state index contributed by atoms with van der Waals surface area (Å²) in [6.07, 6.45) is -0.948. The molecule has 2 amide bonds. The minimum atomic E-state index is -4.50. The van der Waals surface area contributed by atoms with Crippen molar-refractivity contribution in [1.29, 1.82) is 0 Å². The molecule has 5 rings (SSSR count). The Hall–Kier alpha value is -5.52. The maximum atomic E-state index is 13.6. The van der Waals surface area contributed by atoms with Crippen LogP contribution in [0.2, 0.25) is 0 Å². The van der Waals surface area contributed by atoms with E-state index in [9.17, 15) is 32.3 Å². The van der Waals surface area contributed by atoms with Crippen molar-refractivity contribution in [2.24, 2.45) is 0 Å². The average Bonchev–Trinajstić information content (AvgIpc) is 3.53. The van der Waals surface area contributed by atoms with Gasteiger partial charge in [0.15, 0.2) is 0 Å². The van der Waals surface area contributed by atoms with Gasteiger partial charge in [0.25, 0.3) is 11.8 Å². The van der Waals surface area contributed by atoms with Gasteiger partial charge in [-0.2, -0.15) is 13.2 Å². The van der Waals surface area contributed by atoms with Crippen LogP contribution in [0.25, 0.3) is 11.1 Å². The van der Waals surface area contributed by atoms with E-state index in [1.807, 2.05) is 13.0 Å². The lowest BCUT2D eigenvalue weighted by atomic mass is 9.96. The molecule has 1 aliphatic carbocycles. The molecule has 1 aromatic heterocycles. The smallest absolute Gasteiger partial charge is 0.416 e. The molecule has 260 valence electrons. The number of aryl methyl sites for hydroxylation is 2. The second kappa shape index (κ2) is 14.9. The summed E-state index contributed by atoms with van der Waals surface area (Å²) in [5.74, 6) is -2.78. The molecule has 1 unspecified atom stereocenters. The Labute approximate surface area is 287 Å². The van der Waals surface area contributed by atoms with E-state index in [0.29, 0.717) is 28.8 Å². The summed E-state index contributed by atoms with van der Waals surface area (Å²) in [4.78, 5) is 57.9. The van der Waals surface area contributed by atoms with Gasteiger partial charge in [-0.25, -0.2) is 0 Å². The van der Waals surface area contributed by atoms with Crippen molar-refractivity contribution in [1.82, 2.24) is 9.88 Å². The molecule has 1 atom stereocenters. The number of carbonyl (C=O) groups is 4. The van der Waals surface area contributed by atoms with Crippen molar-refractivity contribution in [3.8, 4) is 11.1 Å². The van der Waals surface area contributed by atoms with Gasteiger partial charge in [0.1, 0.15) is 0 Å². The van der Waals surface area contributed by atoms with Crippen molar-refractivity contribution in [2.75, 3.05) is 26.2 Å². The molecule has 3 aromatic carbocycles. The maximum absolute atomic E-state index is 13.6. The molecule has 1 N–H and O–H groups in total. The van der Waals surface area contributed by atoms with Gasteiger partial charge < -0.3 is 19.7 Å². The Morgan fingerprint density at radius 3 is 2.36 bits per heavy atom. The van der Waals surface area contributed by atoms with E-state index in [1.165, 1.54) is 43.3 Å². The number of pyridine rings is 1. The Balaban J connectivity index is 1.27. The molecule has 0 bridgehead atoms. The fourth-order valence-electron chi connectivity index (χ4n) is 5.95. The molecule has 1 heterocycles. The van der Waals surface area contributed by atoms with Gasteiger partial charge in [0, 0.05) is 25.9 Å². The van der Waals surface area contributed by atoms with Gasteiger partial charge in [-0.15, -0.1) is 0 Å². The fourth-order valence-corrected chi connectivity index (χ4v) is 5.95. The van der Waals surface area contributed by atoms with Crippen molar-refractivity contribution in [3.05, 3.63) is 118 Å². The minimum Gasteiger partial charge on any atom is -0.428 e. The number of amides is 2. The highest BCUT2D eigenvalue weighted by Crippen LogP contribution is 2.35. The van der Waals surface area contributed by atoms with Crippen LogP contribution in [-0.4, -0.2) is 54.5 Å². The lowest BCUT2D eigenvalue weighted by Crippen LogP contribution is -2.24. The zero-order valence-corrected chi connectivity index (χ0v) is 28.0. The number of fused-ring (bicyclic) bond motifs is 1. The minimum absolute atomic E-state index is 0.0992. The Morgan fingerprint density at radius 1 is 0.940 bits per heavy atom. The third kappa shape index (κ3) is 8.02. The number of anilines is 1. The lowest BCUT2D eigenvalue weighted by molar-refractivity contribution is -0.167. The number of hydrogen-bond donors (Lipinski definition) is 1. The number of ether oxygens (including phenoxy) is 2. The normalized spacial score (nSPS) is 13.7. The summed E-state index contributed by atoms with van der Waals surface area (Å²) in [5, 5.41) is 2.75. The second-order valence-electron chi connectivity index (χ2n) is 12.2. The van der Waals surface area contributed by atoms with Crippen LogP contribution in [0.15, 0.2) is 72.9 Å². The zero-order valence-electron chi connectivity index (χ0n) is 28.0. The van der Waals surface area contributed by atoms with Gasteiger partial charge in [-0.1, -0.05) is 42.8 Å². The first-order valence-electron chi connectivity index (χ1n) is 16.0. The van der Waals surface area contributed by atoms with Gasteiger partial charge in [-0.05, 0) is 90.4 Å². The van der Waals surface area contributed by atoms with Crippen LogP contribution in [0, 0.1) is 6.92 Å². The van der Waals surface area contributed by atoms with Crippen molar-refractivity contribution in [2.45, 2.75) is 51.6 Å². The van der Waals surface area contributed by atoms with Crippen LogP contribution < -0.4 is 5.32 Å².